The molecular formula is C15H16ClN3O. The van der Waals surface area contributed by atoms with Gasteiger partial charge in [-0.2, -0.15) is 0 Å². The molecule has 0 aliphatic heterocycles. The van der Waals surface area contributed by atoms with Crippen LogP contribution in [0.5, 0.6) is 0 Å². The quantitative estimate of drug-likeness (QED) is 0.889. The van der Waals surface area contributed by atoms with E-state index in [9.17, 15) is 4.79 Å². The van der Waals surface area contributed by atoms with E-state index < -0.39 is 0 Å². The standard InChI is InChI=1S/C15H16ClN3O/c16-13-6-4-12(5-7-13)8-10-18-15(20)19-11-14-3-1-2-9-17-14/h1-7,9H,8,10-11H2,(H2,18,19,20). The first-order valence-electron chi connectivity index (χ1n) is 6.40. The number of carbonyl (C=O) groups excluding carboxylic acids is 1. The summed E-state index contributed by atoms with van der Waals surface area (Å²) in [6.07, 6.45) is 2.48. The molecule has 5 heteroatoms. The molecule has 0 saturated heterocycles. The largest absolute Gasteiger partial charge is 0.338 e. The number of nitrogens with zero attached hydrogens (tertiary/aromatic N) is 1. The summed E-state index contributed by atoms with van der Waals surface area (Å²) >= 11 is 5.81. The van der Waals surface area contributed by atoms with Crippen molar-refractivity contribution in [1.82, 2.24) is 15.6 Å². The molecule has 0 saturated carbocycles. The Balaban J connectivity index is 1.66. The summed E-state index contributed by atoms with van der Waals surface area (Å²) in [4.78, 5) is 15.7. The molecule has 20 heavy (non-hydrogen) atoms. The highest BCUT2D eigenvalue weighted by Crippen LogP contribution is 2.09. The minimum atomic E-state index is -0.190. The molecule has 1 heterocycles. The van der Waals surface area contributed by atoms with Gasteiger partial charge in [-0.05, 0) is 36.2 Å². The Morgan fingerprint density at radius 3 is 2.60 bits per heavy atom. The molecule has 0 fully saturated rings. The van der Waals surface area contributed by atoms with Crippen LogP contribution in [-0.4, -0.2) is 17.6 Å². The third-order valence-corrected chi connectivity index (χ3v) is 3.02. The minimum Gasteiger partial charge on any atom is -0.338 e. The van der Waals surface area contributed by atoms with Gasteiger partial charge in [0.1, 0.15) is 0 Å². The number of amides is 2. The predicted octanol–water partition coefficient (Wildman–Crippen LogP) is 2.78. The molecule has 4 nitrogen and oxygen atoms in total. The lowest BCUT2D eigenvalue weighted by atomic mass is 10.1. The molecule has 104 valence electrons. The SMILES string of the molecule is O=C(NCCc1ccc(Cl)cc1)NCc1ccccn1. The molecule has 2 aromatic rings. The lowest BCUT2D eigenvalue weighted by molar-refractivity contribution is 0.240. The van der Waals surface area contributed by atoms with Crippen molar-refractivity contribution in [3.8, 4) is 0 Å². The predicted molar refractivity (Wildman–Crippen MR) is 79.6 cm³/mol. The van der Waals surface area contributed by atoms with Crippen LogP contribution in [0.2, 0.25) is 5.02 Å². The normalized spacial score (nSPS) is 10.1. The average Bonchev–Trinajstić information content (AvgIpc) is 2.48. The molecule has 0 aliphatic rings. The van der Waals surface area contributed by atoms with E-state index in [1.165, 1.54) is 0 Å². The van der Waals surface area contributed by atoms with Gasteiger partial charge in [-0.15, -0.1) is 0 Å². The Morgan fingerprint density at radius 1 is 1.10 bits per heavy atom. The van der Waals surface area contributed by atoms with Gasteiger partial charge in [0.2, 0.25) is 0 Å². The van der Waals surface area contributed by atoms with E-state index in [0.29, 0.717) is 13.1 Å². The summed E-state index contributed by atoms with van der Waals surface area (Å²) in [5.41, 5.74) is 1.97. The second kappa shape index (κ2) is 7.50. The van der Waals surface area contributed by atoms with Gasteiger partial charge in [0.25, 0.3) is 0 Å². The fraction of sp³-hybridized carbons (Fsp3) is 0.200. The van der Waals surface area contributed by atoms with Gasteiger partial charge < -0.3 is 10.6 Å². The number of carbonyl (C=O) groups is 1. The number of benzene rings is 1. The topological polar surface area (TPSA) is 54.0 Å². The van der Waals surface area contributed by atoms with Crippen molar-refractivity contribution in [2.75, 3.05) is 6.54 Å². The van der Waals surface area contributed by atoms with Crippen molar-refractivity contribution < 1.29 is 4.79 Å². The number of halogens is 1. The summed E-state index contributed by atoms with van der Waals surface area (Å²) in [5.74, 6) is 0. The minimum absolute atomic E-state index is 0.190. The van der Waals surface area contributed by atoms with Gasteiger partial charge in [0.15, 0.2) is 0 Å². The van der Waals surface area contributed by atoms with Crippen LogP contribution in [0.1, 0.15) is 11.3 Å². The summed E-state index contributed by atoms with van der Waals surface area (Å²) in [6.45, 7) is 1.00. The van der Waals surface area contributed by atoms with Crippen LogP contribution in [0.25, 0.3) is 0 Å². The fourth-order valence-electron chi connectivity index (χ4n) is 1.71. The van der Waals surface area contributed by atoms with E-state index in [-0.39, 0.29) is 6.03 Å². The molecule has 0 spiro atoms. The number of hydrogen-bond donors (Lipinski definition) is 2. The van der Waals surface area contributed by atoms with Gasteiger partial charge in [0.05, 0.1) is 12.2 Å². The van der Waals surface area contributed by atoms with Crippen molar-refractivity contribution in [2.24, 2.45) is 0 Å². The molecule has 2 N–H and O–H groups in total. The smallest absolute Gasteiger partial charge is 0.315 e. The maximum Gasteiger partial charge on any atom is 0.315 e. The summed E-state index contributed by atoms with van der Waals surface area (Å²) < 4.78 is 0. The van der Waals surface area contributed by atoms with Gasteiger partial charge in [-0.3, -0.25) is 4.98 Å². The van der Waals surface area contributed by atoms with Crippen molar-refractivity contribution in [1.29, 1.82) is 0 Å². The van der Waals surface area contributed by atoms with E-state index in [1.807, 2.05) is 42.5 Å². The van der Waals surface area contributed by atoms with Crippen LogP contribution in [0.15, 0.2) is 48.7 Å². The average molecular weight is 290 g/mol. The first kappa shape index (κ1) is 14.3. The Labute approximate surface area is 123 Å². The Hall–Kier alpha value is -2.07. The maximum absolute atomic E-state index is 11.6. The first-order chi connectivity index (χ1) is 9.74. The van der Waals surface area contributed by atoms with E-state index in [2.05, 4.69) is 15.6 Å². The van der Waals surface area contributed by atoms with Crippen LogP contribution in [-0.2, 0) is 13.0 Å². The van der Waals surface area contributed by atoms with Crippen LogP contribution >= 0.6 is 11.6 Å². The van der Waals surface area contributed by atoms with E-state index >= 15 is 0 Å². The van der Waals surface area contributed by atoms with Crippen molar-refractivity contribution in [3.05, 3.63) is 64.9 Å². The summed E-state index contributed by atoms with van der Waals surface area (Å²) in [6, 6.07) is 13.0. The highest BCUT2D eigenvalue weighted by Gasteiger charge is 2.00. The van der Waals surface area contributed by atoms with Gasteiger partial charge in [-0.1, -0.05) is 29.8 Å². The molecule has 0 unspecified atom stereocenters. The van der Waals surface area contributed by atoms with Gasteiger partial charge >= 0.3 is 6.03 Å². The van der Waals surface area contributed by atoms with Crippen molar-refractivity contribution in [3.63, 3.8) is 0 Å². The highest BCUT2D eigenvalue weighted by molar-refractivity contribution is 6.30. The molecular weight excluding hydrogens is 274 g/mol. The zero-order chi connectivity index (χ0) is 14.2. The number of urea groups is 1. The Morgan fingerprint density at radius 2 is 1.90 bits per heavy atom. The zero-order valence-corrected chi connectivity index (χ0v) is 11.7. The second-order valence-corrected chi connectivity index (χ2v) is 4.74. The molecule has 0 radical (unpaired) electrons. The fourth-order valence-corrected chi connectivity index (χ4v) is 1.83. The van der Waals surface area contributed by atoms with Crippen LogP contribution in [0.3, 0.4) is 0 Å². The molecule has 1 aromatic heterocycles. The first-order valence-corrected chi connectivity index (χ1v) is 6.78. The number of nitrogens with one attached hydrogen (secondary N) is 2. The molecule has 2 amide bonds. The third kappa shape index (κ3) is 4.90. The molecule has 2 rings (SSSR count). The van der Waals surface area contributed by atoms with Gasteiger partial charge in [-0.25, -0.2) is 4.79 Å². The maximum atomic E-state index is 11.6. The monoisotopic (exact) mass is 289 g/mol. The molecule has 0 aliphatic carbocycles. The lowest BCUT2D eigenvalue weighted by Crippen LogP contribution is -2.36. The Kier molecular flexibility index (Phi) is 5.38. The van der Waals surface area contributed by atoms with E-state index in [0.717, 1.165) is 22.7 Å². The number of pyridine rings is 1. The zero-order valence-electron chi connectivity index (χ0n) is 11.0. The van der Waals surface area contributed by atoms with Crippen LogP contribution in [0, 0.1) is 0 Å². The lowest BCUT2D eigenvalue weighted by Gasteiger charge is -2.07. The highest BCUT2D eigenvalue weighted by atomic mass is 35.5. The van der Waals surface area contributed by atoms with E-state index in [1.54, 1.807) is 6.20 Å². The van der Waals surface area contributed by atoms with Crippen molar-refractivity contribution >= 4 is 17.6 Å². The van der Waals surface area contributed by atoms with E-state index in [4.69, 9.17) is 11.6 Å². The molecule has 1 aromatic carbocycles. The van der Waals surface area contributed by atoms with Crippen LogP contribution < -0.4 is 10.6 Å². The second-order valence-electron chi connectivity index (χ2n) is 4.31. The van der Waals surface area contributed by atoms with Crippen molar-refractivity contribution in [2.45, 2.75) is 13.0 Å². The number of hydrogen-bond acceptors (Lipinski definition) is 2. The van der Waals surface area contributed by atoms with Crippen LogP contribution in [0.4, 0.5) is 4.79 Å². The molecule has 0 bridgehead atoms. The summed E-state index contributed by atoms with van der Waals surface area (Å²) in [5, 5.41) is 6.28. The molecule has 0 atom stereocenters. The third-order valence-electron chi connectivity index (χ3n) is 2.77. The number of rotatable bonds is 5. The summed E-state index contributed by atoms with van der Waals surface area (Å²) in [7, 11) is 0. The number of aromatic nitrogens is 1. The Bertz CT molecular complexity index is 543. The van der Waals surface area contributed by atoms with Gasteiger partial charge in [0, 0.05) is 17.8 Å².